The molecule has 0 spiro atoms. The van der Waals surface area contributed by atoms with E-state index in [0.717, 1.165) is 0 Å². The first kappa shape index (κ1) is 3.93. The molecule has 0 amide bonds. The standard InChI is InChI=1S/C3H5F/c1-2-3-4/h3H,1-2H2. The normalized spacial score (nSPS) is 7.50. The highest BCUT2D eigenvalue weighted by atomic mass is 19.1. The number of hydrogen-bond acceptors (Lipinski definition) is 0. The summed E-state index contributed by atoms with van der Waals surface area (Å²) in [6.45, 7) is 3.69. The van der Waals surface area contributed by atoms with Crippen LogP contribution < -0.4 is 0 Å². The third-order valence-corrected chi connectivity index (χ3v) is 0.109. The highest BCUT2D eigenvalue weighted by molar-refractivity contribution is 4.45. The summed E-state index contributed by atoms with van der Waals surface area (Å²) >= 11 is 0. The predicted molar refractivity (Wildman–Crippen MR) is 15.4 cm³/mol. The molecule has 0 unspecified atom stereocenters. The van der Waals surface area contributed by atoms with Gasteiger partial charge in [0.2, 0.25) is 0 Å². The van der Waals surface area contributed by atoms with Gasteiger partial charge in [-0.1, -0.05) is 6.92 Å². The molecule has 0 nitrogen and oxygen atoms in total. The van der Waals surface area contributed by atoms with E-state index in [9.17, 15) is 4.39 Å². The van der Waals surface area contributed by atoms with Crippen molar-refractivity contribution in [2.24, 2.45) is 0 Å². The average Bonchev–Trinajstić information content (AvgIpc) is 1.37. The molecule has 0 fully saturated rings. The molecule has 0 aliphatic heterocycles. The Labute approximate surface area is 25.6 Å². The average molecular weight is 60.1 g/mol. The minimum Gasteiger partial charge on any atom is -0.244 e. The smallest absolute Gasteiger partial charge is 0.131 e. The van der Waals surface area contributed by atoms with Crippen molar-refractivity contribution in [1.29, 1.82) is 0 Å². The zero-order valence-electron chi connectivity index (χ0n) is 2.37. The number of halogens is 1. The Kier molecular flexibility index (Phi) is 2.88. The minimum absolute atomic E-state index is 0.278. The summed E-state index contributed by atoms with van der Waals surface area (Å²) < 4.78 is 10.5. The van der Waals surface area contributed by atoms with Gasteiger partial charge in [-0.25, -0.2) is 4.39 Å². The Morgan fingerprint density at radius 2 is 2.25 bits per heavy atom. The Bertz CT molecular complexity index is 5.25. The molecule has 0 saturated heterocycles. The third kappa shape index (κ3) is 1.93. The largest absolute Gasteiger partial charge is 0.244 e. The van der Waals surface area contributed by atoms with Gasteiger partial charge in [-0.2, -0.15) is 0 Å². The van der Waals surface area contributed by atoms with Gasteiger partial charge in [0.05, 0.1) is 0 Å². The van der Waals surface area contributed by atoms with Crippen LogP contribution in [0.3, 0.4) is 0 Å². The van der Waals surface area contributed by atoms with Crippen LogP contribution in [0.15, 0.2) is 0 Å². The summed E-state index contributed by atoms with van der Waals surface area (Å²) in [5, 5.41) is 0. The number of hydrogen-bond donors (Lipinski definition) is 0. The van der Waals surface area contributed by atoms with Crippen LogP contribution in [0.25, 0.3) is 0 Å². The second kappa shape index (κ2) is 2.93. The number of rotatable bonds is 1. The van der Waals surface area contributed by atoms with Crippen molar-refractivity contribution in [1.82, 2.24) is 0 Å². The van der Waals surface area contributed by atoms with Crippen LogP contribution in [0.1, 0.15) is 6.42 Å². The zero-order chi connectivity index (χ0) is 3.41. The van der Waals surface area contributed by atoms with Gasteiger partial charge in [0.25, 0.3) is 0 Å². The van der Waals surface area contributed by atoms with Crippen LogP contribution in [0, 0.1) is 13.6 Å². The van der Waals surface area contributed by atoms with E-state index < -0.39 is 0 Å². The quantitative estimate of drug-likeness (QED) is 0.428. The van der Waals surface area contributed by atoms with Gasteiger partial charge in [-0.05, 0) is 6.42 Å². The van der Waals surface area contributed by atoms with E-state index in [1.807, 2.05) is 0 Å². The van der Waals surface area contributed by atoms with Crippen LogP contribution in [-0.4, -0.2) is 0 Å². The van der Waals surface area contributed by atoms with E-state index in [-0.39, 0.29) is 6.42 Å². The van der Waals surface area contributed by atoms with Gasteiger partial charge >= 0.3 is 0 Å². The molecule has 0 heterocycles. The molecule has 2 radical (unpaired) electrons. The van der Waals surface area contributed by atoms with Crippen LogP contribution in [0.5, 0.6) is 0 Å². The molecule has 0 N–H and O–H groups in total. The Hall–Kier alpha value is -0.0700. The molecule has 0 bridgehead atoms. The lowest BCUT2D eigenvalue weighted by atomic mass is 10.6. The molecule has 0 rings (SSSR count). The summed E-state index contributed by atoms with van der Waals surface area (Å²) in [6, 6.07) is 0. The Balaban J connectivity index is 1.97. The molecule has 1 heteroatoms. The van der Waals surface area contributed by atoms with Crippen molar-refractivity contribution in [2.75, 3.05) is 0 Å². The van der Waals surface area contributed by atoms with E-state index in [4.69, 9.17) is 0 Å². The first-order valence-electron chi connectivity index (χ1n) is 1.13. The molecular weight excluding hydrogens is 55.0 g/mol. The van der Waals surface area contributed by atoms with Crippen molar-refractivity contribution >= 4 is 0 Å². The van der Waals surface area contributed by atoms with Crippen molar-refractivity contribution < 1.29 is 4.39 Å². The maximum atomic E-state index is 10.5. The van der Waals surface area contributed by atoms with Crippen molar-refractivity contribution in [3.05, 3.63) is 13.6 Å². The fraction of sp³-hybridized carbons (Fsp3) is 0.333. The molecule has 0 aromatic carbocycles. The Morgan fingerprint density at radius 1 is 2.00 bits per heavy atom. The van der Waals surface area contributed by atoms with Crippen molar-refractivity contribution in [3.63, 3.8) is 0 Å². The lowest BCUT2D eigenvalue weighted by molar-refractivity contribution is 0.604. The first-order valence-corrected chi connectivity index (χ1v) is 1.13. The predicted octanol–water partition coefficient (Wildman–Crippen LogP) is 1.34. The van der Waals surface area contributed by atoms with Gasteiger partial charge < -0.3 is 0 Å². The van der Waals surface area contributed by atoms with E-state index in [1.165, 1.54) is 0 Å². The van der Waals surface area contributed by atoms with E-state index in [2.05, 4.69) is 6.92 Å². The molecule has 0 atom stereocenters. The van der Waals surface area contributed by atoms with Gasteiger partial charge in [0.1, 0.15) is 6.67 Å². The maximum absolute atomic E-state index is 10.5. The van der Waals surface area contributed by atoms with Crippen LogP contribution >= 0.6 is 0 Å². The topological polar surface area (TPSA) is 0 Å². The summed E-state index contributed by atoms with van der Waals surface area (Å²) in [7, 11) is 0. The van der Waals surface area contributed by atoms with Gasteiger partial charge in [0, 0.05) is 0 Å². The van der Waals surface area contributed by atoms with Crippen LogP contribution in [-0.2, 0) is 0 Å². The summed E-state index contributed by atoms with van der Waals surface area (Å²) in [4.78, 5) is 0. The third-order valence-electron chi connectivity index (χ3n) is 0.109. The zero-order valence-corrected chi connectivity index (χ0v) is 2.37. The van der Waals surface area contributed by atoms with Gasteiger partial charge in [-0.3, -0.25) is 0 Å². The van der Waals surface area contributed by atoms with Crippen LogP contribution in [0.4, 0.5) is 4.39 Å². The highest BCUT2D eigenvalue weighted by Gasteiger charge is 1.62. The van der Waals surface area contributed by atoms with Gasteiger partial charge in [-0.15, -0.1) is 0 Å². The fourth-order valence-electron chi connectivity index (χ4n) is 0. The molecule has 0 aliphatic rings. The molecule has 0 aliphatic carbocycles. The molecule has 4 heavy (non-hydrogen) atoms. The molecule has 24 valence electrons. The summed E-state index contributed by atoms with van der Waals surface area (Å²) in [6.07, 6.45) is 0.278. The summed E-state index contributed by atoms with van der Waals surface area (Å²) in [5.41, 5.74) is 0. The lowest BCUT2D eigenvalue weighted by Gasteiger charge is -1.62. The van der Waals surface area contributed by atoms with Crippen LogP contribution in [0.2, 0.25) is 0 Å². The molecule has 0 saturated carbocycles. The molecule has 0 aromatic heterocycles. The lowest BCUT2D eigenvalue weighted by Crippen LogP contribution is -1.47. The van der Waals surface area contributed by atoms with E-state index in [0.29, 0.717) is 6.67 Å². The SMILES string of the molecule is [CH2]C[CH]F. The fourth-order valence-corrected chi connectivity index (χ4v) is 0. The minimum atomic E-state index is 0.278. The van der Waals surface area contributed by atoms with Gasteiger partial charge in [0.15, 0.2) is 0 Å². The van der Waals surface area contributed by atoms with E-state index in [1.54, 1.807) is 0 Å². The second-order valence-corrected chi connectivity index (χ2v) is 0.443. The second-order valence-electron chi connectivity index (χ2n) is 0.443. The monoisotopic (exact) mass is 60.0 g/mol. The Morgan fingerprint density at radius 3 is 2.25 bits per heavy atom. The first-order chi connectivity index (χ1) is 1.91. The van der Waals surface area contributed by atoms with Crippen molar-refractivity contribution in [2.45, 2.75) is 6.42 Å². The molecule has 0 aromatic rings. The van der Waals surface area contributed by atoms with E-state index >= 15 is 0 Å². The molecular formula is C3H5F. The highest BCUT2D eigenvalue weighted by Crippen LogP contribution is 1.78. The maximum Gasteiger partial charge on any atom is 0.131 e. The summed E-state index contributed by atoms with van der Waals surface area (Å²) in [5.74, 6) is 0. The van der Waals surface area contributed by atoms with Crippen molar-refractivity contribution in [3.8, 4) is 0 Å².